The summed E-state index contributed by atoms with van der Waals surface area (Å²) in [5, 5.41) is 0. The van der Waals surface area contributed by atoms with Gasteiger partial charge < -0.3 is 4.74 Å². The summed E-state index contributed by atoms with van der Waals surface area (Å²) in [5.41, 5.74) is 1.27. The fourth-order valence-corrected chi connectivity index (χ4v) is 3.73. The van der Waals surface area contributed by atoms with E-state index in [-0.39, 0.29) is 0 Å². The summed E-state index contributed by atoms with van der Waals surface area (Å²) in [6.07, 6.45) is 6.44. The van der Waals surface area contributed by atoms with Crippen LogP contribution in [-0.2, 0) is 6.42 Å². The average Bonchev–Trinajstić information content (AvgIpc) is 2.90. The fourth-order valence-electron chi connectivity index (χ4n) is 2.97. The van der Waals surface area contributed by atoms with Gasteiger partial charge in [0.1, 0.15) is 5.75 Å². The van der Waals surface area contributed by atoms with Crippen molar-refractivity contribution in [2.45, 2.75) is 32.1 Å². The van der Waals surface area contributed by atoms with Gasteiger partial charge >= 0.3 is 0 Å². The van der Waals surface area contributed by atoms with E-state index in [0.29, 0.717) is 5.92 Å². The van der Waals surface area contributed by atoms with Gasteiger partial charge in [0.2, 0.25) is 0 Å². The highest BCUT2D eigenvalue weighted by atomic mass is 79.9. The fraction of sp³-hybridized carbons (Fsp3) is 0.600. The topological polar surface area (TPSA) is 9.23 Å². The lowest BCUT2D eigenvalue weighted by atomic mass is 9.87. The van der Waals surface area contributed by atoms with Crippen LogP contribution in [0, 0.1) is 11.8 Å². The molecule has 1 aliphatic rings. The van der Waals surface area contributed by atoms with Crippen LogP contribution in [-0.4, -0.2) is 13.0 Å². The molecule has 0 aromatic heterocycles. The van der Waals surface area contributed by atoms with E-state index in [2.05, 4.69) is 22.0 Å². The van der Waals surface area contributed by atoms with Gasteiger partial charge in [-0.3, -0.25) is 0 Å². The molecule has 0 heterocycles. The Balaban J connectivity index is 2.12. The summed E-state index contributed by atoms with van der Waals surface area (Å²) < 4.78 is 6.55. The maximum Gasteiger partial charge on any atom is 0.122 e. The maximum atomic E-state index is 6.18. The summed E-state index contributed by atoms with van der Waals surface area (Å²) in [7, 11) is 1.73. The quantitative estimate of drug-likeness (QED) is 0.686. The summed E-state index contributed by atoms with van der Waals surface area (Å²) in [5.74, 6) is 3.11. The van der Waals surface area contributed by atoms with E-state index in [1.807, 2.05) is 12.1 Å². The molecule has 3 heteroatoms. The third-order valence-corrected chi connectivity index (χ3v) is 4.88. The highest BCUT2D eigenvalue weighted by molar-refractivity contribution is 9.10. The van der Waals surface area contributed by atoms with Crippen molar-refractivity contribution in [1.29, 1.82) is 0 Å². The van der Waals surface area contributed by atoms with E-state index >= 15 is 0 Å². The maximum absolute atomic E-state index is 6.18. The minimum absolute atomic E-state index is 0.581. The first kappa shape index (κ1) is 14.2. The first-order valence-corrected chi connectivity index (χ1v) is 7.95. The van der Waals surface area contributed by atoms with Crippen molar-refractivity contribution in [2.75, 3.05) is 13.0 Å². The lowest BCUT2D eigenvalue weighted by molar-refractivity contribution is 0.358. The van der Waals surface area contributed by atoms with Crippen LogP contribution in [0.3, 0.4) is 0 Å². The summed E-state index contributed by atoms with van der Waals surface area (Å²) in [4.78, 5) is 0. The van der Waals surface area contributed by atoms with E-state index in [4.69, 9.17) is 16.3 Å². The number of halogens is 2. The highest BCUT2D eigenvalue weighted by Gasteiger charge is 2.25. The molecule has 0 bridgehead atoms. The standard InChI is InChI=1S/C15H20BrClO/c1-18-15-7-6-14(16)9-12(15)8-13(10-17)11-4-2-3-5-11/h6-7,9,11,13H,2-5,8,10H2,1H3. The van der Waals surface area contributed by atoms with Crippen molar-refractivity contribution < 1.29 is 4.74 Å². The average molecular weight is 332 g/mol. The number of rotatable bonds is 5. The molecule has 1 saturated carbocycles. The first-order chi connectivity index (χ1) is 8.74. The molecule has 1 fully saturated rings. The molecule has 100 valence electrons. The van der Waals surface area contributed by atoms with Crippen LogP contribution in [0.2, 0.25) is 0 Å². The van der Waals surface area contributed by atoms with Gasteiger partial charge in [0, 0.05) is 10.4 Å². The van der Waals surface area contributed by atoms with Gasteiger partial charge in [-0.05, 0) is 42.0 Å². The molecule has 18 heavy (non-hydrogen) atoms. The minimum Gasteiger partial charge on any atom is -0.496 e. The number of benzene rings is 1. The molecule has 2 rings (SSSR count). The van der Waals surface area contributed by atoms with Crippen molar-refractivity contribution in [1.82, 2.24) is 0 Å². The van der Waals surface area contributed by atoms with Crippen LogP contribution in [0.5, 0.6) is 5.75 Å². The number of methoxy groups -OCH3 is 1. The van der Waals surface area contributed by atoms with Crippen molar-refractivity contribution in [3.8, 4) is 5.75 Å². The predicted molar refractivity (Wildman–Crippen MR) is 80.6 cm³/mol. The number of hydrogen-bond donors (Lipinski definition) is 0. The second kappa shape index (κ2) is 6.81. The van der Waals surface area contributed by atoms with E-state index in [0.717, 1.165) is 28.4 Å². The Morgan fingerprint density at radius 2 is 2.11 bits per heavy atom. The number of hydrogen-bond acceptors (Lipinski definition) is 1. The second-order valence-electron chi connectivity index (χ2n) is 5.12. The Hall–Kier alpha value is -0.210. The lowest BCUT2D eigenvalue weighted by Gasteiger charge is -2.22. The highest BCUT2D eigenvalue weighted by Crippen LogP contribution is 2.36. The normalized spacial score (nSPS) is 17.9. The van der Waals surface area contributed by atoms with Crippen molar-refractivity contribution >= 4 is 27.5 Å². The van der Waals surface area contributed by atoms with E-state index < -0.39 is 0 Å². The van der Waals surface area contributed by atoms with Crippen LogP contribution in [0.1, 0.15) is 31.2 Å². The molecule has 0 saturated heterocycles. The summed E-state index contributed by atoms with van der Waals surface area (Å²) in [6.45, 7) is 0. The molecule has 0 spiro atoms. The lowest BCUT2D eigenvalue weighted by Crippen LogP contribution is -2.16. The van der Waals surface area contributed by atoms with Gasteiger partial charge in [-0.2, -0.15) is 0 Å². The largest absolute Gasteiger partial charge is 0.496 e. The van der Waals surface area contributed by atoms with Gasteiger partial charge in [0.15, 0.2) is 0 Å². The summed E-state index contributed by atoms with van der Waals surface area (Å²) in [6, 6.07) is 6.21. The zero-order valence-electron chi connectivity index (χ0n) is 10.8. The van der Waals surface area contributed by atoms with Gasteiger partial charge in [-0.15, -0.1) is 11.6 Å². The Bertz CT molecular complexity index is 388. The molecule has 1 atom stereocenters. The Morgan fingerprint density at radius 3 is 2.72 bits per heavy atom. The Kier molecular flexibility index (Phi) is 5.38. The molecule has 1 unspecified atom stereocenters. The number of ether oxygens (including phenoxy) is 1. The Morgan fingerprint density at radius 1 is 1.39 bits per heavy atom. The van der Waals surface area contributed by atoms with E-state index in [9.17, 15) is 0 Å². The smallest absolute Gasteiger partial charge is 0.122 e. The molecule has 1 aromatic carbocycles. The van der Waals surface area contributed by atoms with Crippen LogP contribution in [0.15, 0.2) is 22.7 Å². The molecule has 1 aromatic rings. The zero-order chi connectivity index (χ0) is 13.0. The van der Waals surface area contributed by atoms with Gasteiger partial charge in [-0.25, -0.2) is 0 Å². The SMILES string of the molecule is COc1ccc(Br)cc1CC(CCl)C1CCCC1. The third kappa shape index (κ3) is 3.42. The monoisotopic (exact) mass is 330 g/mol. The van der Waals surface area contributed by atoms with Crippen LogP contribution in [0.4, 0.5) is 0 Å². The van der Waals surface area contributed by atoms with Crippen LogP contribution >= 0.6 is 27.5 Å². The minimum atomic E-state index is 0.581. The van der Waals surface area contributed by atoms with Gasteiger partial charge in [-0.1, -0.05) is 41.6 Å². The number of alkyl halides is 1. The second-order valence-corrected chi connectivity index (χ2v) is 6.34. The molecular weight excluding hydrogens is 312 g/mol. The van der Waals surface area contributed by atoms with Crippen molar-refractivity contribution in [3.63, 3.8) is 0 Å². The third-order valence-electron chi connectivity index (χ3n) is 3.99. The van der Waals surface area contributed by atoms with E-state index in [1.54, 1.807) is 7.11 Å². The molecule has 1 aliphatic carbocycles. The Labute approximate surface area is 123 Å². The molecule has 0 amide bonds. The first-order valence-electron chi connectivity index (χ1n) is 6.63. The molecule has 0 radical (unpaired) electrons. The summed E-state index contributed by atoms with van der Waals surface area (Å²) >= 11 is 9.71. The van der Waals surface area contributed by atoms with Crippen molar-refractivity contribution in [3.05, 3.63) is 28.2 Å². The predicted octanol–water partition coefficient (Wildman–Crippen LogP) is 5.05. The zero-order valence-corrected chi connectivity index (χ0v) is 13.1. The van der Waals surface area contributed by atoms with Gasteiger partial charge in [0.05, 0.1) is 7.11 Å². The molecular formula is C15H20BrClO. The molecule has 1 nitrogen and oxygen atoms in total. The van der Waals surface area contributed by atoms with E-state index in [1.165, 1.54) is 31.2 Å². The van der Waals surface area contributed by atoms with Crippen molar-refractivity contribution in [2.24, 2.45) is 11.8 Å². The van der Waals surface area contributed by atoms with Crippen LogP contribution < -0.4 is 4.74 Å². The molecule has 0 N–H and O–H groups in total. The van der Waals surface area contributed by atoms with Gasteiger partial charge in [0.25, 0.3) is 0 Å². The molecule has 0 aliphatic heterocycles. The van der Waals surface area contributed by atoms with Crippen LogP contribution in [0.25, 0.3) is 0 Å².